The van der Waals surface area contributed by atoms with Crippen LogP contribution < -0.4 is 5.32 Å². The van der Waals surface area contributed by atoms with Crippen LogP contribution in [0.25, 0.3) is 0 Å². The van der Waals surface area contributed by atoms with Crippen molar-refractivity contribution in [3.05, 3.63) is 16.1 Å². The van der Waals surface area contributed by atoms with E-state index in [-0.39, 0.29) is 11.8 Å². The van der Waals surface area contributed by atoms with E-state index in [1.807, 2.05) is 12.3 Å². The van der Waals surface area contributed by atoms with E-state index in [0.29, 0.717) is 19.4 Å². The number of aryl methyl sites for hydroxylation is 1. The van der Waals surface area contributed by atoms with Crippen LogP contribution in [-0.4, -0.2) is 28.5 Å². The molecule has 2 N–H and O–H groups in total. The van der Waals surface area contributed by atoms with E-state index in [0.717, 1.165) is 10.7 Å². The monoisotopic (exact) mass is 254 g/mol. The van der Waals surface area contributed by atoms with Crippen molar-refractivity contribution in [2.45, 2.75) is 19.8 Å². The number of nitrogens with zero attached hydrogens (tertiary/aromatic N) is 1. The van der Waals surface area contributed by atoms with Crippen LogP contribution >= 0.6 is 11.3 Å². The fourth-order valence-electron chi connectivity index (χ4n) is 1.70. The molecule has 5 nitrogen and oxygen atoms in total. The summed E-state index contributed by atoms with van der Waals surface area (Å²) >= 11 is 1.57. The van der Waals surface area contributed by atoms with Gasteiger partial charge < -0.3 is 10.4 Å². The molecule has 17 heavy (non-hydrogen) atoms. The van der Waals surface area contributed by atoms with Crippen molar-refractivity contribution < 1.29 is 14.7 Å². The Labute approximate surface area is 103 Å². The quantitative estimate of drug-likeness (QED) is 0.815. The van der Waals surface area contributed by atoms with E-state index in [4.69, 9.17) is 5.11 Å². The number of amides is 1. The first-order valence-electron chi connectivity index (χ1n) is 5.49. The Morgan fingerprint density at radius 2 is 2.35 bits per heavy atom. The van der Waals surface area contributed by atoms with Gasteiger partial charge in [-0.2, -0.15) is 0 Å². The summed E-state index contributed by atoms with van der Waals surface area (Å²) in [6, 6.07) is 0. The first-order valence-corrected chi connectivity index (χ1v) is 6.37. The molecule has 1 saturated carbocycles. The third-order valence-corrected chi connectivity index (χ3v) is 3.78. The molecule has 0 bridgehead atoms. The first kappa shape index (κ1) is 12.0. The van der Waals surface area contributed by atoms with Gasteiger partial charge in [0, 0.05) is 24.0 Å². The van der Waals surface area contributed by atoms with Crippen LogP contribution in [0.1, 0.15) is 17.1 Å². The molecule has 0 spiro atoms. The molecule has 1 aliphatic carbocycles. The Hall–Kier alpha value is -1.43. The number of nitrogens with one attached hydrogen (secondary N) is 1. The van der Waals surface area contributed by atoms with Crippen molar-refractivity contribution in [3.8, 4) is 0 Å². The Morgan fingerprint density at radius 3 is 2.88 bits per heavy atom. The van der Waals surface area contributed by atoms with Crippen molar-refractivity contribution in [3.63, 3.8) is 0 Å². The molecule has 92 valence electrons. The van der Waals surface area contributed by atoms with E-state index >= 15 is 0 Å². The summed E-state index contributed by atoms with van der Waals surface area (Å²) in [5.74, 6) is -1.82. The third-order valence-electron chi connectivity index (χ3n) is 2.75. The molecule has 0 radical (unpaired) electrons. The maximum Gasteiger partial charge on any atom is 0.307 e. The van der Waals surface area contributed by atoms with Crippen LogP contribution in [0.15, 0.2) is 5.38 Å². The Morgan fingerprint density at radius 1 is 1.59 bits per heavy atom. The molecule has 2 rings (SSSR count). The van der Waals surface area contributed by atoms with E-state index in [9.17, 15) is 9.59 Å². The summed E-state index contributed by atoms with van der Waals surface area (Å²) in [6.45, 7) is 2.45. The molecule has 6 heteroatoms. The number of hydrogen-bond acceptors (Lipinski definition) is 4. The van der Waals surface area contributed by atoms with Crippen molar-refractivity contribution in [2.24, 2.45) is 11.8 Å². The summed E-state index contributed by atoms with van der Waals surface area (Å²) in [7, 11) is 0. The van der Waals surface area contributed by atoms with E-state index in [2.05, 4.69) is 10.3 Å². The summed E-state index contributed by atoms with van der Waals surface area (Å²) in [5.41, 5.74) is 0.990. The highest BCUT2D eigenvalue weighted by Gasteiger charge is 2.48. The van der Waals surface area contributed by atoms with Crippen LogP contribution in [0.2, 0.25) is 0 Å². The molecule has 0 saturated heterocycles. The van der Waals surface area contributed by atoms with Gasteiger partial charge in [0.25, 0.3) is 0 Å². The summed E-state index contributed by atoms with van der Waals surface area (Å²) in [4.78, 5) is 26.4. The molecule has 1 heterocycles. The van der Waals surface area contributed by atoms with Gasteiger partial charge in [-0.25, -0.2) is 4.98 Å². The second-order valence-electron chi connectivity index (χ2n) is 4.21. The van der Waals surface area contributed by atoms with E-state index < -0.39 is 11.9 Å². The molecule has 1 aliphatic rings. The molecule has 0 aliphatic heterocycles. The van der Waals surface area contributed by atoms with Gasteiger partial charge in [-0.1, -0.05) is 0 Å². The Kier molecular flexibility index (Phi) is 3.42. The Bertz CT molecular complexity index is 444. The average Bonchev–Trinajstić information content (AvgIpc) is 2.97. The zero-order chi connectivity index (χ0) is 12.4. The highest BCUT2D eigenvalue weighted by Crippen LogP contribution is 2.38. The Balaban J connectivity index is 1.69. The number of hydrogen-bond donors (Lipinski definition) is 2. The van der Waals surface area contributed by atoms with Gasteiger partial charge in [0.15, 0.2) is 0 Å². The van der Waals surface area contributed by atoms with Gasteiger partial charge >= 0.3 is 5.97 Å². The van der Waals surface area contributed by atoms with Gasteiger partial charge in [0.1, 0.15) is 0 Å². The van der Waals surface area contributed by atoms with Gasteiger partial charge in [0.2, 0.25) is 5.91 Å². The van der Waals surface area contributed by atoms with Crippen molar-refractivity contribution in [1.29, 1.82) is 0 Å². The predicted molar refractivity (Wildman–Crippen MR) is 62.8 cm³/mol. The maximum absolute atomic E-state index is 11.5. The summed E-state index contributed by atoms with van der Waals surface area (Å²) in [5, 5.41) is 14.4. The molecule has 0 aromatic carbocycles. The molecule has 1 fully saturated rings. The average molecular weight is 254 g/mol. The van der Waals surface area contributed by atoms with Gasteiger partial charge in [-0.15, -0.1) is 11.3 Å². The maximum atomic E-state index is 11.5. The van der Waals surface area contributed by atoms with Gasteiger partial charge in [-0.3, -0.25) is 9.59 Å². The highest BCUT2D eigenvalue weighted by molar-refractivity contribution is 7.09. The first-order chi connectivity index (χ1) is 8.08. The highest BCUT2D eigenvalue weighted by atomic mass is 32.1. The van der Waals surface area contributed by atoms with E-state index in [1.54, 1.807) is 11.3 Å². The van der Waals surface area contributed by atoms with Crippen LogP contribution in [0, 0.1) is 18.8 Å². The lowest BCUT2D eigenvalue weighted by Gasteiger charge is -2.02. The minimum Gasteiger partial charge on any atom is -0.481 e. The minimum absolute atomic E-state index is 0.148. The van der Waals surface area contributed by atoms with Gasteiger partial charge in [0.05, 0.1) is 16.8 Å². The van der Waals surface area contributed by atoms with E-state index in [1.165, 1.54) is 0 Å². The molecule has 1 amide bonds. The van der Waals surface area contributed by atoms with Crippen LogP contribution in [-0.2, 0) is 16.0 Å². The van der Waals surface area contributed by atoms with Crippen molar-refractivity contribution in [1.82, 2.24) is 10.3 Å². The number of thiazole rings is 1. The minimum atomic E-state index is -0.874. The molecule has 2 atom stereocenters. The number of rotatable bonds is 5. The number of carboxylic acids is 1. The number of carboxylic acid groups (broad SMARTS) is 1. The number of carbonyl (C=O) groups excluding carboxylic acids is 1. The zero-order valence-electron chi connectivity index (χ0n) is 9.47. The smallest absolute Gasteiger partial charge is 0.307 e. The van der Waals surface area contributed by atoms with Crippen molar-refractivity contribution in [2.75, 3.05) is 6.54 Å². The second kappa shape index (κ2) is 4.83. The lowest BCUT2D eigenvalue weighted by atomic mass is 10.3. The lowest BCUT2D eigenvalue weighted by Crippen LogP contribution is -2.28. The second-order valence-corrected chi connectivity index (χ2v) is 5.15. The molecule has 0 unspecified atom stereocenters. The van der Waals surface area contributed by atoms with Crippen LogP contribution in [0.4, 0.5) is 0 Å². The topological polar surface area (TPSA) is 79.3 Å². The SMILES string of the molecule is Cc1csc(CCNC(=O)[C@@H]2C[C@@H]2C(=O)O)n1. The predicted octanol–water partition coefficient (Wildman–Crippen LogP) is 0.831. The lowest BCUT2D eigenvalue weighted by molar-refractivity contribution is -0.140. The zero-order valence-corrected chi connectivity index (χ0v) is 10.3. The molecule has 1 aromatic rings. The fourth-order valence-corrected chi connectivity index (χ4v) is 2.47. The summed E-state index contributed by atoms with van der Waals surface area (Å²) in [6.07, 6.45) is 1.17. The standard InChI is InChI=1S/C11H14N2O3S/c1-6-5-17-9(13-6)2-3-12-10(14)7-4-8(7)11(15)16/h5,7-8H,2-4H2,1H3,(H,12,14)(H,15,16)/t7-,8+/m1/s1. The van der Waals surface area contributed by atoms with Crippen LogP contribution in [0.3, 0.4) is 0 Å². The summed E-state index contributed by atoms with van der Waals surface area (Å²) < 4.78 is 0. The molecule has 1 aromatic heterocycles. The number of aromatic nitrogens is 1. The largest absolute Gasteiger partial charge is 0.481 e. The number of aliphatic carboxylic acids is 1. The van der Waals surface area contributed by atoms with Crippen LogP contribution in [0.5, 0.6) is 0 Å². The van der Waals surface area contributed by atoms with Crippen molar-refractivity contribution >= 4 is 23.2 Å². The number of carbonyl (C=O) groups is 2. The molecular weight excluding hydrogens is 240 g/mol. The fraction of sp³-hybridized carbons (Fsp3) is 0.545. The molecular formula is C11H14N2O3S. The third kappa shape index (κ3) is 3.03. The normalized spacial score (nSPS) is 22.2. The van der Waals surface area contributed by atoms with Gasteiger partial charge in [-0.05, 0) is 13.3 Å².